The van der Waals surface area contributed by atoms with Crippen molar-refractivity contribution in [3.05, 3.63) is 29.8 Å². The molecule has 1 aromatic carbocycles. The lowest BCUT2D eigenvalue weighted by atomic mass is 10.2. The van der Waals surface area contributed by atoms with Crippen LogP contribution in [0.4, 0.5) is 18.9 Å². The third-order valence-electron chi connectivity index (χ3n) is 3.03. The van der Waals surface area contributed by atoms with Crippen molar-refractivity contribution in [2.45, 2.75) is 32.5 Å². The Labute approximate surface area is 133 Å². The van der Waals surface area contributed by atoms with Crippen LogP contribution in [0.5, 0.6) is 0 Å². The maximum absolute atomic E-state index is 12.6. The molecule has 1 amide bonds. The highest BCUT2D eigenvalue weighted by Crippen LogP contribution is 2.30. The molecule has 0 bridgehead atoms. The summed E-state index contributed by atoms with van der Waals surface area (Å²) in [6.07, 6.45) is -3.61. The fourth-order valence-corrected chi connectivity index (χ4v) is 3.20. The van der Waals surface area contributed by atoms with E-state index in [1.165, 1.54) is 12.1 Å². The van der Waals surface area contributed by atoms with Gasteiger partial charge < -0.3 is 5.32 Å². The summed E-state index contributed by atoms with van der Waals surface area (Å²) in [6, 6.07) is 3.94. The number of rotatable bonds is 6. The lowest BCUT2D eigenvalue weighted by Crippen LogP contribution is -2.38. The van der Waals surface area contributed by atoms with Gasteiger partial charge in [0, 0.05) is 24.7 Å². The molecule has 0 fully saturated rings. The van der Waals surface area contributed by atoms with Gasteiger partial charge in [0.05, 0.1) is 11.8 Å². The molecule has 0 aliphatic carbocycles. The first kappa shape index (κ1) is 19.4. The Morgan fingerprint density at radius 2 is 1.91 bits per heavy atom. The third kappa shape index (κ3) is 6.19. The fourth-order valence-electron chi connectivity index (χ4n) is 2.02. The van der Waals surface area contributed by atoms with Crippen LogP contribution < -0.4 is 5.32 Å². The maximum atomic E-state index is 12.6. The van der Waals surface area contributed by atoms with Crippen LogP contribution in [0, 0.1) is 0 Å². The van der Waals surface area contributed by atoms with Crippen molar-refractivity contribution in [2.24, 2.45) is 0 Å². The lowest BCUT2D eigenvalue weighted by Gasteiger charge is -2.23. The number of carbonyl (C=O) groups excluding carboxylic acids is 1. The maximum Gasteiger partial charge on any atom is 0.416 e. The molecule has 1 aromatic rings. The molecule has 23 heavy (non-hydrogen) atoms. The predicted octanol–water partition coefficient (Wildman–Crippen LogP) is 2.70. The summed E-state index contributed by atoms with van der Waals surface area (Å²) in [7, 11) is -3.45. The van der Waals surface area contributed by atoms with Crippen molar-refractivity contribution in [3.8, 4) is 0 Å². The van der Waals surface area contributed by atoms with Gasteiger partial charge >= 0.3 is 6.18 Å². The van der Waals surface area contributed by atoms with Crippen molar-refractivity contribution in [1.29, 1.82) is 0 Å². The van der Waals surface area contributed by atoms with Crippen molar-refractivity contribution in [1.82, 2.24) is 4.31 Å². The number of benzene rings is 1. The standard InChI is InChI=1S/C14H19F3N2O3S/c1-10(2)19(23(3,21)22)8-7-13(20)18-12-6-4-5-11(9-12)14(15,16)17/h4-6,9-10H,7-8H2,1-3H3,(H,18,20). The van der Waals surface area contributed by atoms with Crippen molar-refractivity contribution < 1.29 is 26.4 Å². The minimum Gasteiger partial charge on any atom is -0.326 e. The number of sulfonamides is 1. The first-order valence-electron chi connectivity index (χ1n) is 6.85. The van der Waals surface area contributed by atoms with E-state index in [0.29, 0.717) is 0 Å². The molecule has 0 heterocycles. The van der Waals surface area contributed by atoms with Crippen LogP contribution in [-0.2, 0) is 21.0 Å². The zero-order valence-electron chi connectivity index (χ0n) is 13.0. The van der Waals surface area contributed by atoms with E-state index < -0.39 is 27.7 Å². The number of hydrogen-bond donors (Lipinski definition) is 1. The van der Waals surface area contributed by atoms with E-state index in [9.17, 15) is 26.4 Å². The number of amides is 1. The number of nitrogens with one attached hydrogen (secondary N) is 1. The van der Waals surface area contributed by atoms with Gasteiger partial charge in [-0.3, -0.25) is 4.79 Å². The molecular formula is C14H19F3N2O3S. The van der Waals surface area contributed by atoms with Gasteiger partial charge in [-0.25, -0.2) is 8.42 Å². The molecule has 130 valence electrons. The van der Waals surface area contributed by atoms with Crippen LogP contribution in [0.3, 0.4) is 0 Å². The molecule has 1 rings (SSSR count). The van der Waals surface area contributed by atoms with E-state index in [2.05, 4.69) is 5.32 Å². The Kier molecular flexibility index (Phi) is 6.18. The summed E-state index contributed by atoms with van der Waals surface area (Å²) in [5.41, 5.74) is -0.851. The number of hydrogen-bond acceptors (Lipinski definition) is 3. The minimum atomic E-state index is -4.49. The highest BCUT2D eigenvalue weighted by molar-refractivity contribution is 7.88. The Hall–Kier alpha value is -1.61. The number of carbonyl (C=O) groups is 1. The molecule has 0 aliphatic heterocycles. The minimum absolute atomic E-state index is 0.0141. The van der Waals surface area contributed by atoms with E-state index in [1.807, 2.05) is 0 Å². The van der Waals surface area contributed by atoms with E-state index in [-0.39, 0.29) is 24.7 Å². The molecule has 0 spiro atoms. The zero-order valence-corrected chi connectivity index (χ0v) is 13.8. The summed E-state index contributed by atoms with van der Waals surface area (Å²) in [5, 5.41) is 2.34. The molecular weight excluding hydrogens is 333 g/mol. The third-order valence-corrected chi connectivity index (χ3v) is 4.49. The van der Waals surface area contributed by atoms with E-state index in [4.69, 9.17) is 0 Å². The summed E-state index contributed by atoms with van der Waals surface area (Å²) < 4.78 is 62.1. The average molecular weight is 352 g/mol. The Bertz CT molecular complexity index is 657. The molecule has 0 saturated carbocycles. The highest BCUT2D eigenvalue weighted by atomic mass is 32.2. The SMILES string of the molecule is CC(C)N(CCC(=O)Nc1cccc(C(F)(F)F)c1)S(C)(=O)=O. The van der Waals surface area contributed by atoms with Crippen molar-refractivity contribution in [2.75, 3.05) is 18.1 Å². The topological polar surface area (TPSA) is 66.5 Å². The van der Waals surface area contributed by atoms with Gasteiger partial charge in [0.15, 0.2) is 0 Å². The number of anilines is 1. The summed E-state index contributed by atoms with van der Waals surface area (Å²) in [4.78, 5) is 11.8. The molecule has 9 heteroatoms. The summed E-state index contributed by atoms with van der Waals surface area (Å²) >= 11 is 0. The Morgan fingerprint density at radius 1 is 1.30 bits per heavy atom. The van der Waals surface area contributed by atoms with Gasteiger partial charge in [-0.05, 0) is 32.0 Å². The Morgan fingerprint density at radius 3 is 2.39 bits per heavy atom. The lowest BCUT2D eigenvalue weighted by molar-refractivity contribution is -0.137. The second-order valence-electron chi connectivity index (χ2n) is 5.34. The van der Waals surface area contributed by atoms with Crippen LogP contribution in [-0.4, -0.2) is 37.5 Å². The number of alkyl halides is 3. The smallest absolute Gasteiger partial charge is 0.326 e. The molecule has 0 aliphatic rings. The molecule has 0 atom stereocenters. The van der Waals surface area contributed by atoms with Crippen LogP contribution in [0.25, 0.3) is 0 Å². The van der Waals surface area contributed by atoms with Crippen LogP contribution in [0.1, 0.15) is 25.8 Å². The predicted molar refractivity (Wildman–Crippen MR) is 81.4 cm³/mol. The summed E-state index contributed by atoms with van der Waals surface area (Å²) in [6.45, 7) is 3.30. The van der Waals surface area contributed by atoms with Crippen molar-refractivity contribution >= 4 is 21.6 Å². The number of nitrogens with zero attached hydrogens (tertiary/aromatic N) is 1. The second kappa shape index (κ2) is 7.31. The van der Waals surface area contributed by atoms with Gasteiger partial charge in [-0.2, -0.15) is 17.5 Å². The molecule has 0 aromatic heterocycles. The molecule has 5 nitrogen and oxygen atoms in total. The van der Waals surface area contributed by atoms with Crippen LogP contribution in [0.15, 0.2) is 24.3 Å². The molecule has 0 unspecified atom stereocenters. The molecule has 1 N–H and O–H groups in total. The zero-order chi connectivity index (χ0) is 17.8. The van der Waals surface area contributed by atoms with E-state index >= 15 is 0 Å². The highest BCUT2D eigenvalue weighted by Gasteiger charge is 2.30. The van der Waals surface area contributed by atoms with Gasteiger partial charge in [0.25, 0.3) is 0 Å². The largest absolute Gasteiger partial charge is 0.416 e. The van der Waals surface area contributed by atoms with E-state index in [0.717, 1.165) is 22.7 Å². The van der Waals surface area contributed by atoms with Gasteiger partial charge in [0.1, 0.15) is 0 Å². The second-order valence-corrected chi connectivity index (χ2v) is 7.28. The number of halogens is 3. The Balaban J connectivity index is 2.71. The first-order valence-corrected chi connectivity index (χ1v) is 8.70. The first-order chi connectivity index (χ1) is 10.4. The van der Waals surface area contributed by atoms with Crippen molar-refractivity contribution in [3.63, 3.8) is 0 Å². The van der Waals surface area contributed by atoms with Gasteiger partial charge in [-0.1, -0.05) is 6.07 Å². The quantitative estimate of drug-likeness (QED) is 0.856. The van der Waals surface area contributed by atoms with E-state index in [1.54, 1.807) is 13.8 Å². The normalized spacial score (nSPS) is 12.7. The van der Waals surface area contributed by atoms with Crippen LogP contribution >= 0.6 is 0 Å². The fraction of sp³-hybridized carbons (Fsp3) is 0.500. The monoisotopic (exact) mass is 352 g/mol. The van der Waals surface area contributed by atoms with Gasteiger partial charge in [-0.15, -0.1) is 0 Å². The molecule has 0 radical (unpaired) electrons. The summed E-state index contributed by atoms with van der Waals surface area (Å²) in [5.74, 6) is -0.557. The van der Waals surface area contributed by atoms with Crippen LogP contribution in [0.2, 0.25) is 0 Å². The average Bonchev–Trinajstić information content (AvgIpc) is 2.36. The molecule has 0 saturated heterocycles. The van der Waals surface area contributed by atoms with Gasteiger partial charge in [0.2, 0.25) is 15.9 Å².